The Balaban J connectivity index is 1.94. The number of rotatable bonds is 1. The Morgan fingerprint density at radius 2 is 2.31 bits per heavy atom. The highest BCUT2D eigenvalue weighted by Crippen LogP contribution is 2.26. The fraction of sp³-hybridized carbons (Fsp3) is 0.769. The highest BCUT2D eigenvalue weighted by Gasteiger charge is 2.29. The van der Waals surface area contributed by atoms with Crippen LogP contribution in [0.25, 0.3) is 0 Å². The summed E-state index contributed by atoms with van der Waals surface area (Å²) in [4.78, 5) is 14.3. The Bertz CT molecular complexity index is 298. The molecule has 0 aromatic carbocycles. The molecule has 1 aliphatic carbocycles. The van der Waals surface area contributed by atoms with E-state index in [1.807, 2.05) is 4.90 Å². The summed E-state index contributed by atoms with van der Waals surface area (Å²) in [6.45, 7) is 3.82. The third-order valence-electron chi connectivity index (χ3n) is 3.71. The molecular weight excluding hydrogens is 200 g/mol. The van der Waals surface area contributed by atoms with E-state index < -0.39 is 0 Å². The topological polar surface area (TPSA) is 46.3 Å². The van der Waals surface area contributed by atoms with Crippen LogP contribution in [0.5, 0.6) is 0 Å². The van der Waals surface area contributed by atoms with Gasteiger partial charge < -0.3 is 10.6 Å². The van der Waals surface area contributed by atoms with Crippen molar-refractivity contribution in [1.29, 1.82) is 0 Å². The van der Waals surface area contributed by atoms with Crippen molar-refractivity contribution in [2.45, 2.75) is 45.1 Å². The van der Waals surface area contributed by atoms with E-state index >= 15 is 0 Å². The van der Waals surface area contributed by atoms with Gasteiger partial charge in [-0.15, -0.1) is 0 Å². The van der Waals surface area contributed by atoms with Crippen LogP contribution < -0.4 is 5.73 Å². The van der Waals surface area contributed by atoms with Crippen molar-refractivity contribution in [3.63, 3.8) is 0 Å². The Morgan fingerprint density at radius 1 is 1.50 bits per heavy atom. The summed E-state index contributed by atoms with van der Waals surface area (Å²) in [5.74, 6) is 0.525. The summed E-state index contributed by atoms with van der Waals surface area (Å²) in [5.41, 5.74) is 7.26. The number of amides is 1. The van der Waals surface area contributed by atoms with Gasteiger partial charge in [0, 0.05) is 25.0 Å². The molecule has 16 heavy (non-hydrogen) atoms. The molecule has 90 valence electrons. The fourth-order valence-electron chi connectivity index (χ4n) is 2.81. The van der Waals surface area contributed by atoms with E-state index in [1.54, 1.807) is 0 Å². The molecule has 0 aromatic rings. The maximum atomic E-state index is 12.3. The molecule has 0 bridgehead atoms. The van der Waals surface area contributed by atoms with Crippen LogP contribution in [0.1, 0.15) is 39.0 Å². The first-order valence-corrected chi connectivity index (χ1v) is 6.37. The van der Waals surface area contributed by atoms with Crippen molar-refractivity contribution in [3.8, 4) is 0 Å². The lowest BCUT2D eigenvalue weighted by molar-refractivity contribution is -0.136. The van der Waals surface area contributed by atoms with Gasteiger partial charge in [0.2, 0.25) is 5.91 Å². The second-order valence-electron chi connectivity index (χ2n) is 5.22. The molecule has 3 nitrogen and oxygen atoms in total. The van der Waals surface area contributed by atoms with Gasteiger partial charge in [-0.1, -0.05) is 18.1 Å². The predicted octanol–water partition coefficient (Wildman–Crippen LogP) is 1.68. The summed E-state index contributed by atoms with van der Waals surface area (Å²) in [7, 11) is 0. The van der Waals surface area contributed by atoms with Gasteiger partial charge in [-0.2, -0.15) is 0 Å². The summed E-state index contributed by atoms with van der Waals surface area (Å²) < 4.78 is 0. The average Bonchev–Trinajstić information content (AvgIpc) is 2.28. The number of hydrogen-bond donors (Lipinski definition) is 1. The zero-order chi connectivity index (χ0) is 11.5. The molecule has 1 saturated carbocycles. The van der Waals surface area contributed by atoms with E-state index in [0.717, 1.165) is 45.2 Å². The first-order chi connectivity index (χ1) is 7.66. The summed E-state index contributed by atoms with van der Waals surface area (Å²) in [5, 5.41) is 0. The number of nitrogens with zero attached hydrogens (tertiary/aromatic N) is 1. The van der Waals surface area contributed by atoms with Crippen LogP contribution in [0, 0.1) is 5.92 Å². The first kappa shape index (κ1) is 11.6. The highest BCUT2D eigenvalue weighted by atomic mass is 16.2. The second-order valence-corrected chi connectivity index (χ2v) is 5.22. The quantitative estimate of drug-likeness (QED) is 0.686. The van der Waals surface area contributed by atoms with E-state index in [4.69, 9.17) is 5.73 Å². The van der Waals surface area contributed by atoms with Crippen molar-refractivity contribution < 1.29 is 4.79 Å². The SMILES string of the molecule is CC1=CCCN(C(=O)C2CCCC(N)C2)C1. The molecule has 2 aliphatic rings. The molecule has 0 saturated heterocycles. The maximum Gasteiger partial charge on any atom is 0.226 e. The van der Waals surface area contributed by atoms with Crippen LogP contribution in [-0.2, 0) is 4.79 Å². The molecular formula is C13H22N2O. The normalized spacial score (nSPS) is 31.1. The molecule has 1 amide bonds. The van der Waals surface area contributed by atoms with Gasteiger partial charge in [0.05, 0.1) is 0 Å². The Labute approximate surface area is 97.7 Å². The number of nitrogens with two attached hydrogens (primary N) is 1. The minimum Gasteiger partial charge on any atom is -0.338 e. The van der Waals surface area contributed by atoms with E-state index in [2.05, 4.69) is 13.0 Å². The van der Waals surface area contributed by atoms with Crippen LogP contribution in [-0.4, -0.2) is 29.9 Å². The second kappa shape index (κ2) is 5.00. The Hall–Kier alpha value is -0.830. The Kier molecular flexibility index (Phi) is 3.64. The van der Waals surface area contributed by atoms with Crippen molar-refractivity contribution in [2.75, 3.05) is 13.1 Å². The van der Waals surface area contributed by atoms with Gasteiger partial charge >= 0.3 is 0 Å². The first-order valence-electron chi connectivity index (χ1n) is 6.37. The molecule has 0 radical (unpaired) electrons. The summed E-state index contributed by atoms with van der Waals surface area (Å²) in [6.07, 6.45) is 7.36. The molecule has 2 rings (SSSR count). The van der Waals surface area contributed by atoms with Gasteiger partial charge in [-0.05, 0) is 32.6 Å². The minimum absolute atomic E-state index is 0.189. The van der Waals surface area contributed by atoms with Crippen LogP contribution in [0.15, 0.2) is 11.6 Å². The molecule has 2 atom stereocenters. The van der Waals surface area contributed by atoms with Gasteiger partial charge in [-0.3, -0.25) is 4.79 Å². The smallest absolute Gasteiger partial charge is 0.226 e. The lowest BCUT2D eigenvalue weighted by Crippen LogP contribution is -2.42. The van der Waals surface area contributed by atoms with Gasteiger partial charge in [-0.25, -0.2) is 0 Å². The molecule has 1 heterocycles. The third kappa shape index (κ3) is 2.64. The molecule has 1 aliphatic heterocycles. The standard InChI is InChI=1S/C13H22N2O/c1-10-4-3-7-15(9-10)13(16)11-5-2-6-12(14)8-11/h4,11-12H,2-3,5-9,14H2,1H3. The zero-order valence-electron chi connectivity index (χ0n) is 10.1. The van der Waals surface area contributed by atoms with E-state index in [-0.39, 0.29) is 12.0 Å². The summed E-state index contributed by atoms with van der Waals surface area (Å²) in [6, 6.07) is 0.240. The minimum atomic E-state index is 0.189. The van der Waals surface area contributed by atoms with Crippen LogP contribution in [0.4, 0.5) is 0 Å². The Morgan fingerprint density at radius 3 is 3.00 bits per heavy atom. The lowest BCUT2D eigenvalue weighted by atomic mass is 9.85. The number of carbonyl (C=O) groups excluding carboxylic acids is 1. The molecule has 1 fully saturated rings. The monoisotopic (exact) mass is 222 g/mol. The van der Waals surface area contributed by atoms with Crippen molar-refractivity contribution >= 4 is 5.91 Å². The highest BCUT2D eigenvalue weighted by molar-refractivity contribution is 5.79. The van der Waals surface area contributed by atoms with Crippen LogP contribution >= 0.6 is 0 Å². The van der Waals surface area contributed by atoms with Crippen molar-refractivity contribution in [2.24, 2.45) is 11.7 Å². The largest absolute Gasteiger partial charge is 0.338 e. The molecule has 2 N–H and O–H groups in total. The third-order valence-corrected chi connectivity index (χ3v) is 3.71. The fourth-order valence-corrected chi connectivity index (χ4v) is 2.81. The van der Waals surface area contributed by atoms with Gasteiger partial charge in [0.1, 0.15) is 0 Å². The number of hydrogen-bond acceptors (Lipinski definition) is 2. The average molecular weight is 222 g/mol. The van der Waals surface area contributed by atoms with E-state index in [0.29, 0.717) is 5.91 Å². The van der Waals surface area contributed by atoms with Crippen LogP contribution in [0.3, 0.4) is 0 Å². The van der Waals surface area contributed by atoms with E-state index in [1.165, 1.54) is 5.57 Å². The zero-order valence-corrected chi connectivity index (χ0v) is 10.1. The van der Waals surface area contributed by atoms with Gasteiger partial charge in [0.25, 0.3) is 0 Å². The van der Waals surface area contributed by atoms with E-state index in [9.17, 15) is 4.79 Å². The van der Waals surface area contributed by atoms with Crippen molar-refractivity contribution in [1.82, 2.24) is 4.90 Å². The number of carbonyl (C=O) groups is 1. The molecule has 2 unspecified atom stereocenters. The molecule has 0 aromatic heterocycles. The lowest BCUT2D eigenvalue weighted by Gasteiger charge is -2.33. The predicted molar refractivity (Wildman–Crippen MR) is 64.9 cm³/mol. The molecule has 0 spiro atoms. The maximum absolute atomic E-state index is 12.3. The van der Waals surface area contributed by atoms with Crippen molar-refractivity contribution in [3.05, 3.63) is 11.6 Å². The van der Waals surface area contributed by atoms with Crippen LogP contribution in [0.2, 0.25) is 0 Å². The molecule has 3 heteroatoms. The summed E-state index contributed by atoms with van der Waals surface area (Å²) >= 11 is 0. The van der Waals surface area contributed by atoms with Gasteiger partial charge in [0.15, 0.2) is 0 Å².